The summed E-state index contributed by atoms with van der Waals surface area (Å²) in [6, 6.07) is 18.1. The summed E-state index contributed by atoms with van der Waals surface area (Å²) < 4.78 is 2.16. The van der Waals surface area contributed by atoms with Gasteiger partial charge in [0.25, 0.3) is 0 Å². The van der Waals surface area contributed by atoms with Gasteiger partial charge in [-0.25, -0.2) is 9.97 Å². The fraction of sp³-hybridized carbons (Fsp3) is 0.227. The second-order valence-electron chi connectivity index (χ2n) is 6.98. The smallest absolute Gasteiger partial charge is 0.202 e. The molecule has 7 heteroatoms. The van der Waals surface area contributed by atoms with Crippen molar-refractivity contribution in [1.29, 1.82) is 0 Å². The highest BCUT2D eigenvalue weighted by molar-refractivity contribution is 7.99. The first-order valence-electron chi connectivity index (χ1n) is 9.80. The van der Waals surface area contributed by atoms with Crippen LogP contribution >= 0.6 is 11.8 Å². The number of nitrogens with zero attached hydrogens (tertiary/aromatic N) is 6. The molecule has 5 rings (SSSR count). The minimum Gasteiger partial charge on any atom is -0.273 e. The van der Waals surface area contributed by atoms with E-state index in [1.807, 2.05) is 42.5 Å². The van der Waals surface area contributed by atoms with Crippen LogP contribution in [0, 0.1) is 0 Å². The molecular weight excluding hydrogens is 380 g/mol. The molecule has 0 amide bonds. The molecular formula is C22H20N6S. The minimum atomic E-state index is 0.498. The average molecular weight is 401 g/mol. The van der Waals surface area contributed by atoms with E-state index in [4.69, 9.17) is 4.98 Å². The van der Waals surface area contributed by atoms with Crippen molar-refractivity contribution in [1.82, 2.24) is 29.7 Å². The molecule has 1 aliphatic carbocycles. The van der Waals surface area contributed by atoms with Crippen molar-refractivity contribution in [3.8, 4) is 17.2 Å². The molecule has 0 bridgehead atoms. The molecule has 1 aliphatic rings. The molecule has 29 heavy (non-hydrogen) atoms. The first-order valence-corrected chi connectivity index (χ1v) is 10.6. The van der Waals surface area contributed by atoms with E-state index in [1.165, 1.54) is 24.6 Å². The number of para-hydroxylation sites is 1. The lowest BCUT2D eigenvalue weighted by molar-refractivity contribution is 0.827. The van der Waals surface area contributed by atoms with Crippen LogP contribution in [0.3, 0.4) is 0 Å². The Bertz CT molecular complexity index is 1120. The normalized spacial score (nSPS) is 13.6. The number of benzene rings is 1. The maximum absolute atomic E-state index is 4.76. The van der Waals surface area contributed by atoms with E-state index in [9.17, 15) is 0 Å². The van der Waals surface area contributed by atoms with Crippen LogP contribution in [0.5, 0.6) is 0 Å². The highest BCUT2D eigenvalue weighted by Crippen LogP contribution is 2.41. The van der Waals surface area contributed by atoms with E-state index in [1.54, 1.807) is 6.20 Å². The Kier molecular flexibility index (Phi) is 4.81. The zero-order valence-electron chi connectivity index (χ0n) is 16.1. The second kappa shape index (κ2) is 7.75. The summed E-state index contributed by atoms with van der Waals surface area (Å²) in [6.07, 6.45) is 4.94. The molecule has 3 heterocycles. The predicted octanol–water partition coefficient (Wildman–Crippen LogP) is 4.71. The summed E-state index contributed by atoms with van der Waals surface area (Å²) in [5.74, 6) is 2.17. The Morgan fingerprint density at radius 2 is 1.83 bits per heavy atom. The maximum atomic E-state index is 4.76. The second-order valence-corrected chi connectivity index (χ2v) is 7.97. The predicted molar refractivity (Wildman–Crippen MR) is 112 cm³/mol. The van der Waals surface area contributed by atoms with Crippen molar-refractivity contribution >= 4 is 11.8 Å². The van der Waals surface area contributed by atoms with Gasteiger partial charge >= 0.3 is 0 Å². The molecule has 0 spiro atoms. The summed E-state index contributed by atoms with van der Waals surface area (Å²) in [6.45, 7) is 2.09. The third-order valence-electron chi connectivity index (χ3n) is 4.82. The number of pyridine rings is 1. The number of rotatable bonds is 6. The highest BCUT2D eigenvalue weighted by atomic mass is 32.2. The molecule has 0 saturated heterocycles. The van der Waals surface area contributed by atoms with Crippen LogP contribution < -0.4 is 0 Å². The largest absolute Gasteiger partial charge is 0.273 e. The van der Waals surface area contributed by atoms with Gasteiger partial charge in [0.15, 0.2) is 5.82 Å². The molecule has 3 aromatic heterocycles. The van der Waals surface area contributed by atoms with Crippen molar-refractivity contribution in [2.45, 2.75) is 42.3 Å². The Labute approximate surface area is 173 Å². The first kappa shape index (κ1) is 18.0. The molecule has 0 radical (unpaired) electrons. The van der Waals surface area contributed by atoms with Gasteiger partial charge in [-0.1, -0.05) is 31.2 Å². The topological polar surface area (TPSA) is 69.4 Å². The van der Waals surface area contributed by atoms with Crippen LogP contribution in [0.1, 0.15) is 37.2 Å². The fourth-order valence-electron chi connectivity index (χ4n) is 3.18. The van der Waals surface area contributed by atoms with Gasteiger partial charge in [0.05, 0.1) is 0 Å². The highest BCUT2D eigenvalue weighted by Gasteiger charge is 2.31. The monoisotopic (exact) mass is 400 g/mol. The molecule has 0 N–H and O–H groups in total. The quantitative estimate of drug-likeness (QED) is 0.437. The molecule has 1 saturated carbocycles. The van der Waals surface area contributed by atoms with Crippen molar-refractivity contribution in [3.63, 3.8) is 0 Å². The molecule has 0 atom stereocenters. The van der Waals surface area contributed by atoms with Gasteiger partial charge in [0, 0.05) is 23.5 Å². The van der Waals surface area contributed by atoms with E-state index < -0.39 is 0 Å². The maximum Gasteiger partial charge on any atom is 0.202 e. The third kappa shape index (κ3) is 3.78. The number of aromatic nitrogens is 6. The Balaban J connectivity index is 1.56. The molecule has 1 fully saturated rings. The van der Waals surface area contributed by atoms with Crippen LogP contribution in [-0.2, 0) is 6.42 Å². The lowest BCUT2D eigenvalue weighted by Gasteiger charge is -2.10. The average Bonchev–Trinajstić information content (AvgIpc) is 3.55. The van der Waals surface area contributed by atoms with Crippen molar-refractivity contribution in [2.24, 2.45) is 0 Å². The number of aryl methyl sites for hydroxylation is 1. The van der Waals surface area contributed by atoms with E-state index in [-0.39, 0.29) is 0 Å². The van der Waals surface area contributed by atoms with Crippen LogP contribution in [0.25, 0.3) is 17.2 Å². The Morgan fingerprint density at radius 1 is 1.00 bits per heavy atom. The van der Waals surface area contributed by atoms with Gasteiger partial charge < -0.3 is 0 Å². The van der Waals surface area contributed by atoms with Gasteiger partial charge in [-0.3, -0.25) is 9.55 Å². The van der Waals surface area contributed by atoms with Crippen LogP contribution in [0.15, 0.2) is 71.0 Å². The molecule has 0 aliphatic heterocycles. The number of hydrogen-bond donors (Lipinski definition) is 0. The lowest BCUT2D eigenvalue weighted by atomic mass is 10.3. The van der Waals surface area contributed by atoms with E-state index in [0.29, 0.717) is 11.7 Å². The van der Waals surface area contributed by atoms with Crippen molar-refractivity contribution in [3.05, 3.63) is 72.3 Å². The minimum absolute atomic E-state index is 0.498. The van der Waals surface area contributed by atoms with E-state index in [0.717, 1.165) is 39.5 Å². The van der Waals surface area contributed by atoms with Gasteiger partial charge in [-0.15, -0.1) is 10.2 Å². The Hall–Kier alpha value is -3.06. The Morgan fingerprint density at radius 3 is 2.55 bits per heavy atom. The molecule has 1 aromatic carbocycles. The summed E-state index contributed by atoms with van der Waals surface area (Å²) >= 11 is 1.52. The molecule has 4 aromatic rings. The SMILES string of the molecule is CCc1cc(Sc2nnc(C3CC3)n2-c2ccccc2)nc(-c2ccccn2)n1. The van der Waals surface area contributed by atoms with Crippen molar-refractivity contribution in [2.75, 3.05) is 0 Å². The summed E-state index contributed by atoms with van der Waals surface area (Å²) in [5.41, 5.74) is 2.83. The number of hydrogen-bond acceptors (Lipinski definition) is 6. The summed E-state index contributed by atoms with van der Waals surface area (Å²) in [7, 11) is 0. The molecule has 0 unspecified atom stereocenters. The standard InChI is InChI=1S/C22H20N6S/c1-2-16-14-19(25-20(24-16)18-10-6-7-13-23-18)29-22-27-26-21(15-11-12-15)28(22)17-8-4-3-5-9-17/h3-10,13-15H,2,11-12H2,1H3. The van der Waals surface area contributed by atoms with E-state index >= 15 is 0 Å². The summed E-state index contributed by atoms with van der Waals surface area (Å²) in [4.78, 5) is 13.8. The molecule has 6 nitrogen and oxygen atoms in total. The van der Waals surface area contributed by atoms with Crippen molar-refractivity contribution < 1.29 is 0 Å². The van der Waals surface area contributed by atoms with Crippen LogP contribution in [0.2, 0.25) is 0 Å². The van der Waals surface area contributed by atoms with Gasteiger partial charge in [0.2, 0.25) is 5.16 Å². The van der Waals surface area contributed by atoms with Gasteiger partial charge in [-0.2, -0.15) is 0 Å². The third-order valence-corrected chi connectivity index (χ3v) is 5.69. The van der Waals surface area contributed by atoms with Gasteiger partial charge in [0.1, 0.15) is 16.5 Å². The fourth-order valence-corrected chi connectivity index (χ4v) is 4.07. The van der Waals surface area contributed by atoms with Crippen LogP contribution in [-0.4, -0.2) is 29.7 Å². The first-order chi connectivity index (χ1) is 14.3. The van der Waals surface area contributed by atoms with E-state index in [2.05, 4.69) is 43.8 Å². The lowest BCUT2D eigenvalue weighted by Crippen LogP contribution is -2.02. The summed E-state index contributed by atoms with van der Waals surface area (Å²) in [5, 5.41) is 10.7. The van der Waals surface area contributed by atoms with Gasteiger partial charge in [-0.05, 0) is 61.4 Å². The van der Waals surface area contributed by atoms with Crippen LogP contribution in [0.4, 0.5) is 0 Å². The zero-order chi connectivity index (χ0) is 19.6. The molecule has 144 valence electrons. The zero-order valence-corrected chi connectivity index (χ0v) is 16.9.